The molecule has 1 N–H and O–H groups in total. The summed E-state index contributed by atoms with van der Waals surface area (Å²) in [6, 6.07) is 12.4. The Morgan fingerprint density at radius 1 is 1.13 bits per heavy atom. The molecule has 7 nitrogen and oxygen atoms in total. The molecule has 158 valence electrons. The van der Waals surface area contributed by atoms with Crippen LogP contribution in [0.25, 0.3) is 22.2 Å². The third-order valence-electron chi connectivity index (χ3n) is 4.73. The summed E-state index contributed by atoms with van der Waals surface area (Å²) in [5.74, 6) is 0.867. The number of imidazole rings is 1. The van der Waals surface area contributed by atoms with Crippen molar-refractivity contribution in [1.29, 1.82) is 0 Å². The first kappa shape index (κ1) is 20.4. The average Bonchev–Trinajstić information content (AvgIpc) is 3.04. The molecule has 0 atom stereocenters. The molecule has 1 amide bonds. The van der Waals surface area contributed by atoms with Crippen LogP contribution in [0.1, 0.15) is 18.3 Å². The van der Waals surface area contributed by atoms with Crippen LogP contribution in [-0.4, -0.2) is 32.0 Å². The van der Waals surface area contributed by atoms with E-state index in [0.29, 0.717) is 12.1 Å². The normalized spacial score (nSPS) is 11.1. The zero-order chi connectivity index (χ0) is 22.0. The minimum Gasteiger partial charge on any atom is -0.434 e. The molecule has 2 aromatic carbocycles. The largest absolute Gasteiger partial charge is 0.434 e. The van der Waals surface area contributed by atoms with Crippen LogP contribution in [0.2, 0.25) is 0 Å². The van der Waals surface area contributed by atoms with E-state index in [1.165, 1.54) is 13.0 Å². The molecular formula is C22H19F2N5O2. The fraction of sp³-hybridized carbons (Fsp3) is 0.182. The second kappa shape index (κ2) is 8.47. The van der Waals surface area contributed by atoms with E-state index in [4.69, 9.17) is 0 Å². The van der Waals surface area contributed by atoms with Gasteiger partial charge >= 0.3 is 6.61 Å². The molecule has 0 unspecified atom stereocenters. The number of aromatic nitrogens is 4. The van der Waals surface area contributed by atoms with Gasteiger partial charge in [-0.2, -0.15) is 8.78 Å². The number of carbonyl (C=O) groups is 1. The molecule has 0 spiro atoms. The molecule has 0 fully saturated rings. The number of hydrogen-bond acceptors (Lipinski definition) is 5. The van der Waals surface area contributed by atoms with E-state index in [0.717, 1.165) is 28.0 Å². The molecule has 0 bridgehead atoms. The summed E-state index contributed by atoms with van der Waals surface area (Å²) >= 11 is 0. The summed E-state index contributed by atoms with van der Waals surface area (Å²) in [6.45, 7) is 0.682. The number of nitrogens with one attached hydrogen (secondary N) is 1. The van der Waals surface area contributed by atoms with Crippen molar-refractivity contribution in [3.05, 3.63) is 66.2 Å². The third-order valence-corrected chi connectivity index (χ3v) is 4.73. The number of rotatable bonds is 6. The van der Waals surface area contributed by atoms with Crippen LogP contribution in [0.3, 0.4) is 0 Å². The maximum absolute atomic E-state index is 12.8. The van der Waals surface area contributed by atoms with E-state index in [1.54, 1.807) is 30.6 Å². The lowest BCUT2D eigenvalue weighted by atomic mass is 10.1. The number of anilines is 1. The van der Waals surface area contributed by atoms with E-state index >= 15 is 0 Å². The number of para-hydroxylation sites is 1. The SMILES string of the molecule is CC(=O)Nc1ncc(-c2ccc3nc(C)n(Cc4ccccc4OC(F)F)c3c2)cn1. The molecule has 0 saturated heterocycles. The lowest BCUT2D eigenvalue weighted by molar-refractivity contribution is -0.114. The number of carbonyl (C=O) groups excluding carboxylic acids is 1. The first-order valence-corrected chi connectivity index (χ1v) is 9.50. The molecule has 0 radical (unpaired) electrons. The average molecular weight is 423 g/mol. The van der Waals surface area contributed by atoms with Crippen LogP contribution in [0.15, 0.2) is 54.9 Å². The summed E-state index contributed by atoms with van der Waals surface area (Å²) in [5.41, 5.74) is 3.87. The molecule has 0 saturated carbocycles. The first-order valence-electron chi connectivity index (χ1n) is 9.50. The highest BCUT2D eigenvalue weighted by molar-refractivity contribution is 5.87. The standard InChI is InChI=1S/C22H19F2N5O2/c1-13-27-18-8-7-15(17-10-25-22(26-11-17)28-14(2)30)9-19(18)29(13)12-16-5-3-4-6-20(16)31-21(23)24/h3-11,21H,12H2,1-2H3,(H,25,26,28,30). The topological polar surface area (TPSA) is 81.9 Å². The van der Waals surface area contributed by atoms with Gasteiger partial charge in [0.2, 0.25) is 11.9 Å². The molecular weight excluding hydrogens is 404 g/mol. The van der Waals surface area contributed by atoms with E-state index in [1.807, 2.05) is 29.7 Å². The Kier molecular flexibility index (Phi) is 5.57. The van der Waals surface area contributed by atoms with E-state index in [2.05, 4.69) is 25.0 Å². The lowest BCUT2D eigenvalue weighted by Crippen LogP contribution is -2.08. The minimum absolute atomic E-state index is 0.136. The quantitative estimate of drug-likeness (QED) is 0.497. The van der Waals surface area contributed by atoms with Crippen molar-refractivity contribution < 1.29 is 18.3 Å². The van der Waals surface area contributed by atoms with Gasteiger partial charge in [-0.3, -0.25) is 10.1 Å². The number of alkyl halides is 2. The summed E-state index contributed by atoms with van der Waals surface area (Å²) in [6.07, 6.45) is 3.25. The highest BCUT2D eigenvalue weighted by atomic mass is 19.3. The van der Waals surface area contributed by atoms with Crippen molar-refractivity contribution in [2.75, 3.05) is 5.32 Å². The molecule has 2 heterocycles. The van der Waals surface area contributed by atoms with Crippen LogP contribution < -0.4 is 10.1 Å². The van der Waals surface area contributed by atoms with Gasteiger partial charge in [0.1, 0.15) is 11.6 Å². The van der Waals surface area contributed by atoms with E-state index in [9.17, 15) is 13.6 Å². The number of halogens is 2. The highest BCUT2D eigenvalue weighted by Crippen LogP contribution is 2.27. The molecule has 0 aliphatic rings. The van der Waals surface area contributed by atoms with Gasteiger partial charge in [0, 0.05) is 30.4 Å². The van der Waals surface area contributed by atoms with Crippen molar-refractivity contribution in [1.82, 2.24) is 19.5 Å². The van der Waals surface area contributed by atoms with E-state index < -0.39 is 6.61 Å². The fourth-order valence-corrected chi connectivity index (χ4v) is 3.34. The molecule has 0 aliphatic carbocycles. The number of hydrogen-bond donors (Lipinski definition) is 1. The number of fused-ring (bicyclic) bond motifs is 1. The lowest BCUT2D eigenvalue weighted by Gasteiger charge is -2.13. The second-order valence-electron chi connectivity index (χ2n) is 6.91. The molecule has 31 heavy (non-hydrogen) atoms. The van der Waals surface area contributed by atoms with Crippen LogP contribution in [0, 0.1) is 6.92 Å². The van der Waals surface area contributed by atoms with Crippen LogP contribution in [-0.2, 0) is 11.3 Å². The summed E-state index contributed by atoms with van der Waals surface area (Å²) in [5, 5.41) is 2.53. The molecule has 4 aromatic rings. The number of benzene rings is 2. The predicted octanol–water partition coefficient (Wildman–Crippen LogP) is 4.41. The molecule has 4 rings (SSSR count). The second-order valence-corrected chi connectivity index (χ2v) is 6.91. The Morgan fingerprint density at radius 3 is 2.58 bits per heavy atom. The first-order chi connectivity index (χ1) is 14.9. The Hall–Kier alpha value is -3.88. The van der Waals surface area contributed by atoms with Gasteiger partial charge in [0.25, 0.3) is 0 Å². The Morgan fingerprint density at radius 2 is 1.87 bits per heavy atom. The van der Waals surface area contributed by atoms with Crippen LogP contribution in [0.5, 0.6) is 5.75 Å². The number of ether oxygens (including phenoxy) is 1. The molecule has 2 aromatic heterocycles. The molecule has 0 aliphatic heterocycles. The minimum atomic E-state index is -2.89. The van der Waals surface area contributed by atoms with Gasteiger partial charge in [-0.25, -0.2) is 15.0 Å². The summed E-state index contributed by atoms with van der Waals surface area (Å²) in [4.78, 5) is 24.0. The van der Waals surface area contributed by atoms with Gasteiger partial charge in [0.05, 0.1) is 17.6 Å². The van der Waals surface area contributed by atoms with Crippen LogP contribution >= 0.6 is 0 Å². The van der Waals surface area contributed by atoms with Crippen molar-refractivity contribution in [3.63, 3.8) is 0 Å². The van der Waals surface area contributed by atoms with Gasteiger partial charge in [-0.15, -0.1) is 0 Å². The maximum atomic E-state index is 12.8. The van der Waals surface area contributed by atoms with Crippen molar-refractivity contribution in [2.24, 2.45) is 0 Å². The van der Waals surface area contributed by atoms with Gasteiger partial charge in [-0.1, -0.05) is 24.3 Å². The molecule has 9 heteroatoms. The van der Waals surface area contributed by atoms with Crippen molar-refractivity contribution in [2.45, 2.75) is 27.0 Å². The predicted molar refractivity (Wildman–Crippen MR) is 112 cm³/mol. The zero-order valence-electron chi connectivity index (χ0n) is 16.8. The Bertz CT molecular complexity index is 1240. The number of amides is 1. The zero-order valence-corrected chi connectivity index (χ0v) is 16.8. The van der Waals surface area contributed by atoms with Gasteiger partial charge < -0.3 is 9.30 Å². The number of aryl methyl sites for hydroxylation is 1. The fourth-order valence-electron chi connectivity index (χ4n) is 3.34. The summed E-state index contributed by atoms with van der Waals surface area (Å²) < 4.78 is 32.2. The van der Waals surface area contributed by atoms with E-state index in [-0.39, 0.29) is 17.6 Å². The van der Waals surface area contributed by atoms with Gasteiger partial charge in [-0.05, 0) is 30.7 Å². The van der Waals surface area contributed by atoms with Gasteiger partial charge in [0.15, 0.2) is 0 Å². The van der Waals surface area contributed by atoms with Crippen molar-refractivity contribution in [3.8, 4) is 16.9 Å². The Labute approximate surface area is 176 Å². The monoisotopic (exact) mass is 423 g/mol. The third kappa shape index (κ3) is 4.50. The van der Waals surface area contributed by atoms with Crippen LogP contribution in [0.4, 0.5) is 14.7 Å². The Balaban J connectivity index is 1.70. The summed E-state index contributed by atoms with van der Waals surface area (Å²) in [7, 11) is 0. The van der Waals surface area contributed by atoms with Crippen molar-refractivity contribution >= 4 is 22.9 Å². The highest BCUT2D eigenvalue weighted by Gasteiger charge is 2.14. The smallest absolute Gasteiger partial charge is 0.387 e. The number of nitrogens with zero attached hydrogens (tertiary/aromatic N) is 4. The maximum Gasteiger partial charge on any atom is 0.387 e.